The van der Waals surface area contributed by atoms with E-state index in [2.05, 4.69) is 5.32 Å². The largest absolute Gasteiger partial charge is 0.445 e. The molecule has 1 heterocycles. The van der Waals surface area contributed by atoms with Gasteiger partial charge in [0.1, 0.15) is 31.0 Å². The van der Waals surface area contributed by atoms with Gasteiger partial charge in [-0.25, -0.2) is 4.79 Å². The number of alkyl carbamates (subject to hydrolysis) is 1. The lowest BCUT2D eigenvalue weighted by atomic mass is 9.97. The molecule has 0 aliphatic carbocycles. The van der Waals surface area contributed by atoms with E-state index in [0.717, 1.165) is 10.9 Å². The predicted molar refractivity (Wildman–Crippen MR) is 128 cm³/mol. The predicted octanol–water partition coefficient (Wildman–Crippen LogP) is 1.93. The first-order valence-electron chi connectivity index (χ1n) is 11.2. The summed E-state index contributed by atoms with van der Waals surface area (Å²) in [7, 11) is -3.14. The van der Waals surface area contributed by atoms with Crippen molar-refractivity contribution in [2.24, 2.45) is 0 Å². The van der Waals surface area contributed by atoms with Crippen molar-refractivity contribution >= 4 is 27.0 Å². The van der Waals surface area contributed by atoms with Crippen LogP contribution in [0.2, 0.25) is 0 Å². The Morgan fingerprint density at radius 2 is 1.72 bits per heavy atom. The molecule has 36 heavy (non-hydrogen) atoms. The van der Waals surface area contributed by atoms with Crippen molar-refractivity contribution in [2.45, 2.75) is 42.1 Å². The Hall–Kier alpha value is -3.06. The van der Waals surface area contributed by atoms with Crippen molar-refractivity contribution in [2.75, 3.05) is 13.7 Å². The second-order valence-electron chi connectivity index (χ2n) is 8.21. The van der Waals surface area contributed by atoms with E-state index >= 15 is 0 Å². The van der Waals surface area contributed by atoms with Crippen LogP contribution in [0.5, 0.6) is 0 Å². The summed E-state index contributed by atoms with van der Waals surface area (Å²) >= 11 is 0. The van der Waals surface area contributed by atoms with Crippen molar-refractivity contribution in [3.8, 4) is 0 Å². The third kappa shape index (κ3) is 5.84. The van der Waals surface area contributed by atoms with Crippen LogP contribution in [0.15, 0.2) is 77.7 Å². The van der Waals surface area contributed by atoms with Gasteiger partial charge in [-0.1, -0.05) is 60.7 Å². The molecule has 4 rings (SSSR count). The number of amides is 1. The Kier molecular flexibility index (Phi) is 8.19. The van der Waals surface area contributed by atoms with Crippen molar-refractivity contribution in [3.05, 3.63) is 78.4 Å². The fourth-order valence-electron chi connectivity index (χ4n) is 3.96. The second kappa shape index (κ2) is 11.3. The Morgan fingerprint density at radius 3 is 2.42 bits per heavy atom. The quantitative estimate of drug-likeness (QED) is 0.382. The van der Waals surface area contributed by atoms with Crippen molar-refractivity contribution < 1.29 is 41.8 Å². The number of hydrogen-bond acceptors (Lipinski definition) is 9. The van der Waals surface area contributed by atoms with Crippen LogP contribution >= 0.6 is 0 Å². The first-order valence-corrected chi connectivity index (χ1v) is 12.6. The minimum atomic E-state index is -4.42. The fraction of sp³-hybridized carbons (Fsp3) is 0.320. The van der Waals surface area contributed by atoms with Gasteiger partial charge < -0.3 is 29.7 Å². The van der Waals surface area contributed by atoms with Crippen molar-refractivity contribution in [1.29, 1.82) is 0 Å². The zero-order valence-electron chi connectivity index (χ0n) is 19.4. The summed E-state index contributed by atoms with van der Waals surface area (Å²) in [6.45, 7) is -0.678. The molecular weight excluding hydrogens is 490 g/mol. The van der Waals surface area contributed by atoms with E-state index in [1.54, 1.807) is 42.5 Å². The number of benzene rings is 3. The number of rotatable bonds is 8. The van der Waals surface area contributed by atoms with Crippen molar-refractivity contribution in [1.82, 2.24) is 5.32 Å². The molecule has 1 aliphatic heterocycles. The SMILES string of the molecule is CO[C@H]1O[C@H](CO)[C@@H](O)[C@H](OS(=O)(=O)c2ccc3ccccc3c2)[C@H]1NC(=O)OCc1ccccc1. The fourth-order valence-corrected chi connectivity index (χ4v) is 5.11. The lowest BCUT2D eigenvalue weighted by Gasteiger charge is -2.42. The van der Waals surface area contributed by atoms with E-state index in [0.29, 0.717) is 5.39 Å². The van der Waals surface area contributed by atoms with Crippen LogP contribution in [0.3, 0.4) is 0 Å². The van der Waals surface area contributed by atoms with Gasteiger partial charge >= 0.3 is 6.09 Å². The molecule has 1 aliphatic rings. The van der Waals surface area contributed by atoms with E-state index in [-0.39, 0.29) is 11.5 Å². The summed E-state index contributed by atoms with van der Waals surface area (Å²) in [5.41, 5.74) is 0.739. The molecule has 0 aromatic heterocycles. The van der Waals surface area contributed by atoms with Gasteiger partial charge in [-0.2, -0.15) is 8.42 Å². The number of hydrogen-bond donors (Lipinski definition) is 3. The number of methoxy groups -OCH3 is 1. The Balaban J connectivity index is 1.57. The summed E-state index contributed by atoms with van der Waals surface area (Å²) in [5, 5.41) is 24.4. The Morgan fingerprint density at radius 1 is 1.03 bits per heavy atom. The maximum atomic E-state index is 13.2. The van der Waals surface area contributed by atoms with Gasteiger partial charge in [-0.05, 0) is 28.5 Å². The number of carbonyl (C=O) groups is 1. The highest BCUT2D eigenvalue weighted by atomic mass is 32.2. The van der Waals surface area contributed by atoms with E-state index in [1.807, 2.05) is 18.2 Å². The van der Waals surface area contributed by atoms with E-state index in [9.17, 15) is 23.4 Å². The Labute approximate surface area is 208 Å². The molecule has 1 amide bonds. The molecule has 5 atom stereocenters. The molecule has 0 spiro atoms. The van der Waals surface area contributed by atoms with Gasteiger partial charge in [0.15, 0.2) is 6.29 Å². The van der Waals surface area contributed by atoms with Crippen LogP contribution in [-0.2, 0) is 35.1 Å². The zero-order chi connectivity index (χ0) is 25.7. The molecule has 10 nitrogen and oxygen atoms in total. The van der Waals surface area contributed by atoms with Gasteiger partial charge in [0.05, 0.1) is 11.5 Å². The monoisotopic (exact) mass is 517 g/mol. The number of carbonyl (C=O) groups excluding carboxylic acids is 1. The summed E-state index contributed by atoms with van der Waals surface area (Å²) < 4.78 is 47.9. The van der Waals surface area contributed by atoms with Gasteiger partial charge in [0.25, 0.3) is 10.1 Å². The van der Waals surface area contributed by atoms with E-state index in [4.69, 9.17) is 18.4 Å². The number of ether oxygens (including phenoxy) is 3. The maximum absolute atomic E-state index is 13.2. The first kappa shape index (κ1) is 26.0. The smallest absolute Gasteiger partial charge is 0.407 e. The average Bonchev–Trinajstić information content (AvgIpc) is 2.90. The maximum Gasteiger partial charge on any atom is 0.407 e. The summed E-state index contributed by atoms with van der Waals surface area (Å²) in [6.07, 6.45) is -6.53. The molecule has 3 aromatic carbocycles. The van der Waals surface area contributed by atoms with Crippen LogP contribution in [0.4, 0.5) is 4.79 Å². The summed E-state index contributed by atoms with van der Waals surface area (Å²) in [5.74, 6) is 0. The molecule has 0 saturated carbocycles. The highest BCUT2D eigenvalue weighted by Gasteiger charge is 2.49. The molecule has 3 N–H and O–H groups in total. The first-order chi connectivity index (χ1) is 17.3. The summed E-state index contributed by atoms with van der Waals surface area (Å²) in [4.78, 5) is 12.4. The third-order valence-electron chi connectivity index (χ3n) is 5.83. The molecule has 1 saturated heterocycles. The molecular formula is C25H27NO9S. The molecule has 192 valence electrons. The standard InChI is InChI=1S/C25H27NO9S/c1-32-24-21(26-25(29)33-15-16-7-3-2-4-8-16)23(22(28)20(14-27)34-24)35-36(30,31)19-12-11-17-9-5-6-10-18(17)13-19/h2-13,20-24,27-28H,14-15H2,1H3,(H,26,29)/t20-,21-,22-,23-,24+/m1/s1. The second-order valence-corrected chi connectivity index (χ2v) is 9.78. The molecule has 0 radical (unpaired) electrons. The minimum Gasteiger partial charge on any atom is -0.445 e. The molecule has 11 heteroatoms. The number of nitrogens with one attached hydrogen (secondary N) is 1. The Bertz CT molecular complexity index is 1280. The number of fused-ring (bicyclic) bond motifs is 1. The molecule has 0 unspecified atom stereocenters. The highest BCUT2D eigenvalue weighted by Crippen LogP contribution is 2.28. The minimum absolute atomic E-state index is 0.0410. The van der Waals surface area contributed by atoms with Crippen LogP contribution in [-0.4, -0.2) is 69.1 Å². The van der Waals surface area contributed by atoms with Crippen LogP contribution in [0.1, 0.15) is 5.56 Å². The van der Waals surface area contributed by atoms with Crippen molar-refractivity contribution in [3.63, 3.8) is 0 Å². The summed E-state index contributed by atoms with van der Waals surface area (Å²) in [6, 6.07) is 19.3. The molecule has 0 bridgehead atoms. The van der Waals surface area contributed by atoms with Crippen LogP contribution in [0, 0.1) is 0 Å². The van der Waals surface area contributed by atoms with Crippen LogP contribution < -0.4 is 5.32 Å². The van der Waals surface area contributed by atoms with E-state index < -0.39 is 53.5 Å². The topological polar surface area (TPSA) is 141 Å². The normalized spacial score (nSPS) is 24.4. The number of aliphatic hydroxyl groups excluding tert-OH is 2. The zero-order valence-corrected chi connectivity index (χ0v) is 20.2. The van der Waals surface area contributed by atoms with Gasteiger partial charge in [0.2, 0.25) is 0 Å². The van der Waals surface area contributed by atoms with Gasteiger partial charge in [-0.15, -0.1) is 0 Å². The average molecular weight is 518 g/mol. The lowest BCUT2D eigenvalue weighted by Crippen LogP contribution is -2.65. The lowest BCUT2D eigenvalue weighted by molar-refractivity contribution is -0.257. The highest BCUT2D eigenvalue weighted by molar-refractivity contribution is 7.86. The number of aliphatic hydroxyl groups is 2. The molecule has 3 aromatic rings. The van der Waals surface area contributed by atoms with E-state index in [1.165, 1.54) is 19.2 Å². The van der Waals surface area contributed by atoms with Crippen LogP contribution in [0.25, 0.3) is 10.8 Å². The molecule has 1 fully saturated rings. The van der Waals surface area contributed by atoms with Gasteiger partial charge in [0, 0.05) is 7.11 Å². The van der Waals surface area contributed by atoms with Gasteiger partial charge in [-0.3, -0.25) is 4.18 Å². The third-order valence-corrected chi connectivity index (χ3v) is 7.14.